The van der Waals surface area contributed by atoms with Gasteiger partial charge in [-0.15, -0.1) is 0 Å². The summed E-state index contributed by atoms with van der Waals surface area (Å²) >= 11 is 6.29. The van der Waals surface area contributed by atoms with Gasteiger partial charge in [-0.3, -0.25) is 9.78 Å². The Bertz CT molecular complexity index is 1370. The minimum atomic E-state index is -3.71. The number of nitrogens with zero attached hydrogens (tertiary/aromatic N) is 2. The number of halogens is 2. The summed E-state index contributed by atoms with van der Waals surface area (Å²) in [6, 6.07) is 11.4. The second-order valence-corrected chi connectivity index (χ2v) is 10.8. The summed E-state index contributed by atoms with van der Waals surface area (Å²) in [5.41, 5.74) is 2.88. The van der Waals surface area contributed by atoms with Gasteiger partial charge in [-0.25, -0.2) is 17.9 Å². The lowest BCUT2D eigenvalue weighted by Gasteiger charge is -2.33. The molecule has 0 aliphatic carbocycles. The number of primary sulfonamides is 1. The van der Waals surface area contributed by atoms with Crippen molar-refractivity contribution < 1.29 is 22.3 Å². The number of aryl methyl sites for hydroxylation is 1. The van der Waals surface area contributed by atoms with Crippen LogP contribution in [0, 0.1) is 12.7 Å². The van der Waals surface area contributed by atoms with Gasteiger partial charge in [0.15, 0.2) is 6.10 Å². The summed E-state index contributed by atoms with van der Waals surface area (Å²) in [6.07, 6.45) is 0.175. The van der Waals surface area contributed by atoms with Crippen LogP contribution in [0.3, 0.4) is 0 Å². The molecule has 2 atom stereocenters. The van der Waals surface area contributed by atoms with Gasteiger partial charge < -0.3 is 9.64 Å². The van der Waals surface area contributed by atoms with Gasteiger partial charge in [0.1, 0.15) is 11.6 Å². The molecule has 1 aliphatic rings. The van der Waals surface area contributed by atoms with E-state index in [2.05, 4.69) is 4.98 Å². The van der Waals surface area contributed by atoms with Crippen molar-refractivity contribution in [3.05, 3.63) is 59.0 Å². The number of likely N-dealkylation sites (tertiary alicyclic amines) is 1. The number of carbonyl (C=O) groups excluding carboxylic acids is 1. The number of hydrogen-bond acceptors (Lipinski definition) is 5. The van der Waals surface area contributed by atoms with Crippen LogP contribution in [0.2, 0.25) is 5.02 Å². The Morgan fingerprint density at radius 3 is 2.71 bits per heavy atom. The maximum atomic E-state index is 13.5. The number of ether oxygens (including phenoxy) is 1. The summed E-state index contributed by atoms with van der Waals surface area (Å²) in [6.45, 7) is 3.99. The first kappa shape index (κ1) is 24.4. The maximum absolute atomic E-state index is 13.5. The SMILES string of the molecule is Cc1cc(-c2ccc(F)cc2Cl)c2ccc(O[C@H](C)C(=O)N3CCC[C@@H](S(N)(=O)=O)C3)cc2n1. The van der Waals surface area contributed by atoms with E-state index in [-0.39, 0.29) is 12.5 Å². The smallest absolute Gasteiger partial charge is 0.263 e. The van der Waals surface area contributed by atoms with E-state index in [4.69, 9.17) is 21.5 Å². The first-order chi connectivity index (χ1) is 16.0. The molecule has 1 saturated heterocycles. The van der Waals surface area contributed by atoms with Crippen LogP contribution >= 0.6 is 11.6 Å². The van der Waals surface area contributed by atoms with Crippen LogP contribution in [0.4, 0.5) is 4.39 Å². The van der Waals surface area contributed by atoms with Crippen molar-refractivity contribution in [1.29, 1.82) is 0 Å². The Balaban J connectivity index is 1.58. The molecule has 10 heteroatoms. The number of piperidine rings is 1. The lowest BCUT2D eigenvalue weighted by atomic mass is 10.00. The van der Waals surface area contributed by atoms with Crippen LogP contribution in [-0.2, 0) is 14.8 Å². The summed E-state index contributed by atoms with van der Waals surface area (Å²) in [5.74, 6) is -0.269. The molecule has 0 spiro atoms. The summed E-state index contributed by atoms with van der Waals surface area (Å²) in [7, 11) is -3.71. The fraction of sp³-hybridized carbons (Fsp3) is 0.333. The molecular weight excluding hydrogens is 481 g/mol. The zero-order chi connectivity index (χ0) is 24.6. The van der Waals surface area contributed by atoms with Crippen molar-refractivity contribution in [2.75, 3.05) is 13.1 Å². The zero-order valence-electron chi connectivity index (χ0n) is 18.8. The second-order valence-electron chi connectivity index (χ2n) is 8.51. The van der Waals surface area contributed by atoms with E-state index < -0.39 is 27.2 Å². The number of hydrogen-bond donors (Lipinski definition) is 1. The van der Waals surface area contributed by atoms with Crippen molar-refractivity contribution in [2.45, 2.75) is 38.0 Å². The van der Waals surface area contributed by atoms with E-state index in [1.54, 1.807) is 25.1 Å². The zero-order valence-corrected chi connectivity index (χ0v) is 20.4. The molecule has 0 radical (unpaired) electrons. The van der Waals surface area contributed by atoms with Crippen LogP contribution < -0.4 is 9.88 Å². The van der Waals surface area contributed by atoms with Gasteiger partial charge in [0.05, 0.1) is 15.8 Å². The molecule has 1 aromatic heterocycles. The van der Waals surface area contributed by atoms with E-state index in [9.17, 15) is 17.6 Å². The Morgan fingerprint density at radius 2 is 2.00 bits per heavy atom. The van der Waals surface area contributed by atoms with Crippen LogP contribution in [0.15, 0.2) is 42.5 Å². The first-order valence-corrected chi connectivity index (χ1v) is 12.9. The molecule has 34 heavy (non-hydrogen) atoms. The quantitative estimate of drug-likeness (QED) is 0.563. The highest BCUT2D eigenvalue weighted by molar-refractivity contribution is 7.89. The first-order valence-electron chi connectivity index (χ1n) is 10.9. The monoisotopic (exact) mass is 505 g/mol. The molecule has 1 fully saturated rings. The number of aromatic nitrogens is 1. The number of nitrogens with two attached hydrogens (primary N) is 1. The standard InChI is InChI=1S/C24H25ClFN3O4S/c1-14-10-21(19-7-5-16(26)11-22(19)25)20-8-6-17(12-23(20)28-14)33-15(2)24(30)29-9-3-4-18(13-29)34(27,31)32/h5-8,10-12,15,18H,3-4,9,13H2,1-2H3,(H2,27,31,32)/t15-,18-/m1/s1. The second kappa shape index (κ2) is 9.48. The Hall–Kier alpha value is -2.75. The number of carbonyl (C=O) groups is 1. The van der Waals surface area contributed by atoms with Gasteiger partial charge in [-0.05, 0) is 68.7 Å². The van der Waals surface area contributed by atoms with Crippen molar-refractivity contribution in [3.8, 4) is 16.9 Å². The van der Waals surface area contributed by atoms with Crippen molar-refractivity contribution in [2.24, 2.45) is 5.14 Å². The van der Waals surface area contributed by atoms with Crippen LogP contribution in [0.5, 0.6) is 5.75 Å². The number of benzene rings is 2. The lowest BCUT2D eigenvalue weighted by Crippen LogP contribution is -2.50. The van der Waals surface area contributed by atoms with Crippen LogP contribution in [0.25, 0.3) is 22.0 Å². The van der Waals surface area contributed by atoms with E-state index in [1.807, 2.05) is 19.1 Å². The van der Waals surface area contributed by atoms with Gasteiger partial charge in [-0.2, -0.15) is 0 Å². The molecule has 1 aliphatic heterocycles. The number of pyridine rings is 1. The highest BCUT2D eigenvalue weighted by Crippen LogP contribution is 2.35. The number of rotatable bonds is 5. The van der Waals surface area contributed by atoms with E-state index in [0.29, 0.717) is 41.2 Å². The third-order valence-corrected chi connectivity index (χ3v) is 7.57. The average Bonchev–Trinajstić information content (AvgIpc) is 2.77. The van der Waals surface area contributed by atoms with Crippen molar-refractivity contribution >= 4 is 38.4 Å². The molecule has 3 aromatic rings. The summed E-state index contributed by atoms with van der Waals surface area (Å²) < 4.78 is 42.8. The minimum Gasteiger partial charge on any atom is -0.481 e. The Labute approximate surface area is 202 Å². The average molecular weight is 506 g/mol. The lowest BCUT2D eigenvalue weighted by molar-refractivity contribution is -0.138. The number of fused-ring (bicyclic) bond motifs is 1. The molecule has 0 bridgehead atoms. The number of amides is 1. The Morgan fingerprint density at radius 1 is 1.24 bits per heavy atom. The largest absolute Gasteiger partial charge is 0.481 e. The molecule has 180 valence electrons. The highest BCUT2D eigenvalue weighted by Gasteiger charge is 2.32. The fourth-order valence-corrected chi connectivity index (χ4v) is 5.41. The molecular formula is C24H25ClFN3O4S. The van der Waals surface area contributed by atoms with E-state index in [1.165, 1.54) is 17.0 Å². The topological polar surface area (TPSA) is 103 Å². The minimum absolute atomic E-state index is 0.0611. The molecule has 2 heterocycles. The predicted octanol–water partition coefficient (Wildman–Crippen LogP) is 4.05. The van der Waals surface area contributed by atoms with Gasteiger partial charge in [0, 0.05) is 35.8 Å². The van der Waals surface area contributed by atoms with E-state index >= 15 is 0 Å². The summed E-state index contributed by atoms with van der Waals surface area (Å²) in [5, 5.41) is 5.62. The predicted molar refractivity (Wildman–Crippen MR) is 130 cm³/mol. The normalized spacial score (nSPS) is 17.6. The van der Waals surface area contributed by atoms with E-state index in [0.717, 1.165) is 16.6 Å². The van der Waals surface area contributed by atoms with Crippen molar-refractivity contribution in [1.82, 2.24) is 9.88 Å². The molecule has 0 unspecified atom stereocenters. The molecule has 4 rings (SSSR count). The number of sulfonamides is 1. The molecule has 7 nitrogen and oxygen atoms in total. The molecule has 1 amide bonds. The van der Waals surface area contributed by atoms with Crippen molar-refractivity contribution in [3.63, 3.8) is 0 Å². The van der Waals surface area contributed by atoms with Gasteiger partial charge in [0.25, 0.3) is 5.91 Å². The van der Waals surface area contributed by atoms with Crippen LogP contribution in [0.1, 0.15) is 25.5 Å². The third-order valence-electron chi connectivity index (χ3n) is 5.95. The van der Waals surface area contributed by atoms with Gasteiger partial charge in [-0.1, -0.05) is 11.6 Å². The van der Waals surface area contributed by atoms with Gasteiger partial charge in [0.2, 0.25) is 10.0 Å². The molecule has 2 aromatic carbocycles. The Kier molecular flexibility index (Phi) is 6.80. The molecule has 0 saturated carbocycles. The third kappa shape index (κ3) is 5.16. The fourth-order valence-electron chi connectivity index (χ4n) is 4.26. The van der Waals surface area contributed by atoms with Gasteiger partial charge >= 0.3 is 0 Å². The van der Waals surface area contributed by atoms with Crippen LogP contribution in [-0.4, -0.2) is 48.7 Å². The molecule has 2 N–H and O–H groups in total. The summed E-state index contributed by atoms with van der Waals surface area (Å²) in [4.78, 5) is 19.0. The highest BCUT2D eigenvalue weighted by atomic mass is 35.5. The maximum Gasteiger partial charge on any atom is 0.263 e.